The minimum atomic E-state index is -0.474. The smallest absolute Gasteiger partial charge is 0.278 e. The number of hydrogen-bond donors (Lipinski definition) is 0. The van der Waals surface area contributed by atoms with Gasteiger partial charge in [-0.1, -0.05) is 17.7 Å². The van der Waals surface area contributed by atoms with E-state index in [0.717, 1.165) is 0 Å². The highest BCUT2D eigenvalue weighted by molar-refractivity contribution is 14.1. The summed E-state index contributed by atoms with van der Waals surface area (Å²) >= 11 is 7.65. The minimum Gasteiger partial charge on any atom is -0.412 e. The molecule has 72 valence electrons. The first-order valence-electron chi connectivity index (χ1n) is 3.62. The van der Waals surface area contributed by atoms with Crippen LogP contribution in [0.1, 0.15) is 0 Å². The molecular weight excluding hydrogens is 321 g/mol. The quantitative estimate of drug-likeness (QED) is 0.757. The molecule has 2 aromatic rings. The lowest BCUT2D eigenvalue weighted by Gasteiger charge is -1.98. The number of aromatic nitrogens is 2. The van der Waals surface area contributed by atoms with Crippen LogP contribution in [0.5, 0.6) is 0 Å². The fourth-order valence-electron chi connectivity index (χ4n) is 1.01. The lowest BCUT2D eigenvalue weighted by molar-refractivity contribution is 0.530. The standard InChI is InChI=1S/C8H3ClFIN2O/c9-4-2-1-3-5(10)6(4)7-12-13-8(11)14-7/h1-3H. The largest absolute Gasteiger partial charge is 0.412 e. The minimum absolute atomic E-state index is 0.0949. The SMILES string of the molecule is Fc1cccc(Cl)c1-c1nnc(I)o1. The third-order valence-corrected chi connectivity index (χ3v) is 2.33. The number of halogens is 3. The van der Waals surface area contributed by atoms with Gasteiger partial charge in [0, 0.05) is 22.6 Å². The fraction of sp³-hybridized carbons (Fsp3) is 0. The van der Waals surface area contributed by atoms with Gasteiger partial charge in [0.25, 0.3) is 9.79 Å². The van der Waals surface area contributed by atoms with Crippen molar-refractivity contribution in [2.75, 3.05) is 0 Å². The summed E-state index contributed by atoms with van der Waals surface area (Å²) in [5.74, 6) is -0.380. The molecule has 0 fully saturated rings. The summed E-state index contributed by atoms with van der Waals surface area (Å²) < 4.78 is 18.7. The summed E-state index contributed by atoms with van der Waals surface area (Å²) in [4.78, 5) is 0. The van der Waals surface area contributed by atoms with Gasteiger partial charge in [-0.25, -0.2) is 4.39 Å². The maximum atomic E-state index is 13.3. The summed E-state index contributed by atoms with van der Waals surface area (Å²) in [7, 11) is 0. The molecule has 0 spiro atoms. The third-order valence-electron chi connectivity index (χ3n) is 1.58. The Kier molecular flexibility index (Phi) is 2.69. The van der Waals surface area contributed by atoms with Gasteiger partial charge in [0.2, 0.25) is 0 Å². The predicted molar refractivity (Wildman–Crippen MR) is 57.4 cm³/mol. The lowest BCUT2D eigenvalue weighted by Crippen LogP contribution is -1.85. The Morgan fingerprint density at radius 2 is 2.14 bits per heavy atom. The van der Waals surface area contributed by atoms with E-state index in [9.17, 15) is 4.39 Å². The summed E-state index contributed by atoms with van der Waals surface area (Å²) in [5.41, 5.74) is 0.143. The van der Waals surface area contributed by atoms with E-state index >= 15 is 0 Å². The Hall–Kier alpha value is -0.690. The Morgan fingerprint density at radius 3 is 2.71 bits per heavy atom. The maximum absolute atomic E-state index is 13.3. The van der Waals surface area contributed by atoms with E-state index in [-0.39, 0.29) is 16.5 Å². The van der Waals surface area contributed by atoms with Gasteiger partial charge in [-0.15, -0.1) is 10.2 Å². The highest BCUT2D eigenvalue weighted by Gasteiger charge is 2.15. The van der Waals surface area contributed by atoms with Crippen LogP contribution in [0.25, 0.3) is 11.5 Å². The summed E-state index contributed by atoms with van der Waals surface area (Å²) in [6.07, 6.45) is 0. The molecule has 6 heteroatoms. The van der Waals surface area contributed by atoms with Gasteiger partial charge in [0.05, 0.1) is 10.6 Å². The number of benzene rings is 1. The van der Waals surface area contributed by atoms with Crippen LogP contribution in [-0.2, 0) is 0 Å². The molecule has 1 aromatic heterocycles. The van der Waals surface area contributed by atoms with Gasteiger partial charge >= 0.3 is 0 Å². The van der Waals surface area contributed by atoms with Gasteiger partial charge in [-0.05, 0) is 12.1 Å². The topological polar surface area (TPSA) is 38.9 Å². The molecule has 0 bridgehead atoms. The van der Waals surface area contributed by atoms with E-state index in [4.69, 9.17) is 16.0 Å². The molecule has 0 aliphatic rings. The van der Waals surface area contributed by atoms with Crippen LogP contribution in [0.2, 0.25) is 5.02 Å². The number of rotatable bonds is 1. The highest BCUT2D eigenvalue weighted by Crippen LogP contribution is 2.29. The van der Waals surface area contributed by atoms with Crippen LogP contribution in [-0.4, -0.2) is 10.2 Å². The van der Waals surface area contributed by atoms with Crippen LogP contribution in [0, 0.1) is 9.71 Å². The second-order valence-corrected chi connectivity index (χ2v) is 3.79. The summed E-state index contributed by atoms with van der Waals surface area (Å²) in [5, 5.41) is 7.53. The molecule has 0 saturated heterocycles. The van der Waals surface area contributed by atoms with Crippen LogP contribution in [0.4, 0.5) is 4.39 Å². The summed E-state index contributed by atoms with van der Waals surface area (Å²) in [6.45, 7) is 0. The monoisotopic (exact) mass is 324 g/mol. The first-order valence-corrected chi connectivity index (χ1v) is 5.07. The van der Waals surface area contributed by atoms with Gasteiger partial charge in [0.15, 0.2) is 0 Å². The lowest BCUT2D eigenvalue weighted by atomic mass is 10.2. The molecule has 0 amide bonds. The van der Waals surface area contributed by atoms with E-state index < -0.39 is 5.82 Å². The van der Waals surface area contributed by atoms with Crippen LogP contribution >= 0.6 is 34.2 Å². The Bertz CT molecular complexity index is 454. The molecule has 1 aromatic carbocycles. The molecule has 0 radical (unpaired) electrons. The van der Waals surface area contributed by atoms with Gasteiger partial charge < -0.3 is 4.42 Å². The fourth-order valence-corrected chi connectivity index (χ4v) is 1.57. The van der Waals surface area contributed by atoms with Crippen molar-refractivity contribution >= 4 is 34.2 Å². The van der Waals surface area contributed by atoms with Crippen molar-refractivity contribution in [2.45, 2.75) is 0 Å². The number of hydrogen-bond acceptors (Lipinski definition) is 3. The second-order valence-electron chi connectivity index (χ2n) is 2.46. The Labute approximate surface area is 97.4 Å². The average molecular weight is 324 g/mol. The maximum Gasteiger partial charge on any atom is 0.278 e. The number of nitrogens with zero attached hydrogens (tertiary/aromatic N) is 2. The van der Waals surface area contributed by atoms with Crippen molar-refractivity contribution in [3.05, 3.63) is 32.9 Å². The molecule has 0 aliphatic carbocycles. The molecule has 0 saturated carbocycles. The average Bonchev–Trinajstić information content (AvgIpc) is 2.51. The zero-order valence-electron chi connectivity index (χ0n) is 6.67. The van der Waals surface area contributed by atoms with Crippen molar-refractivity contribution in [3.63, 3.8) is 0 Å². The molecular formula is C8H3ClFIN2O. The first-order chi connectivity index (χ1) is 6.68. The van der Waals surface area contributed by atoms with Gasteiger partial charge in [-0.2, -0.15) is 0 Å². The second kappa shape index (κ2) is 3.82. The van der Waals surface area contributed by atoms with E-state index in [1.807, 2.05) is 22.6 Å². The van der Waals surface area contributed by atoms with E-state index in [0.29, 0.717) is 3.90 Å². The van der Waals surface area contributed by atoms with E-state index in [1.165, 1.54) is 12.1 Å². The first kappa shape index (κ1) is 9.85. The molecule has 14 heavy (non-hydrogen) atoms. The van der Waals surface area contributed by atoms with Crippen LogP contribution < -0.4 is 0 Å². The molecule has 0 N–H and O–H groups in total. The van der Waals surface area contributed by atoms with Crippen molar-refractivity contribution < 1.29 is 8.81 Å². The van der Waals surface area contributed by atoms with Gasteiger partial charge in [-0.3, -0.25) is 0 Å². The molecule has 3 nitrogen and oxygen atoms in total. The van der Waals surface area contributed by atoms with Crippen molar-refractivity contribution in [1.82, 2.24) is 10.2 Å². The molecule has 0 unspecified atom stereocenters. The summed E-state index contributed by atoms with van der Waals surface area (Å²) in [6, 6.07) is 4.37. The molecule has 0 aliphatic heterocycles. The highest BCUT2D eigenvalue weighted by atomic mass is 127. The molecule has 2 rings (SSSR count). The normalized spacial score (nSPS) is 10.5. The Morgan fingerprint density at radius 1 is 1.36 bits per heavy atom. The zero-order valence-corrected chi connectivity index (χ0v) is 9.58. The Balaban J connectivity index is 2.61. The van der Waals surface area contributed by atoms with E-state index in [2.05, 4.69) is 10.2 Å². The van der Waals surface area contributed by atoms with Crippen molar-refractivity contribution in [1.29, 1.82) is 0 Å². The molecule has 1 heterocycles. The third kappa shape index (κ3) is 1.74. The van der Waals surface area contributed by atoms with E-state index in [1.54, 1.807) is 6.07 Å². The van der Waals surface area contributed by atoms with Crippen LogP contribution in [0.15, 0.2) is 22.6 Å². The predicted octanol–water partition coefficient (Wildman–Crippen LogP) is 3.13. The zero-order chi connectivity index (χ0) is 10.1. The molecule has 0 atom stereocenters. The van der Waals surface area contributed by atoms with Crippen LogP contribution in [0.3, 0.4) is 0 Å². The van der Waals surface area contributed by atoms with Gasteiger partial charge in [0.1, 0.15) is 5.82 Å². The van der Waals surface area contributed by atoms with Crippen molar-refractivity contribution in [3.8, 4) is 11.5 Å². The van der Waals surface area contributed by atoms with Crippen molar-refractivity contribution in [2.24, 2.45) is 0 Å².